The van der Waals surface area contributed by atoms with Gasteiger partial charge in [0, 0.05) is 12.0 Å². The molecule has 1 rings (SSSR count). The topological polar surface area (TPSA) is 27.0 Å². The van der Waals surface area contributed by atoms with Crippen LogP contribution in [0.3, 0.4) is 0 Å². The van der Waals surface area contributed by atoms with Crippen molar-refractivity contribution in [2.75, 3.05) is 13.1 Å². The lowest BCUT2D eigenvalue weighted by Crippen LogP contribution is -2.43. The first-order valence-corrected chi connectivity index (χ1v) is 6.10. The number of nitrogens with zero attached hydrogens (tertiary/aromatic N) is 2. The molecule has 0 aliphatic carbocycles. The summed E-state index contributed by atoms with van der Waals surface area (Å²) >= 11 is 0. The van der Waals surface area contributed by atoms with Crippen LogP contribution in [0.5, 0.6) is 0 Å². The fourth-order valence-electron chi connectivity index (χ4n) is 2.49. The summed E-state index contributed by atoms with van der Waals surface area (Å²) in [5, 5.41) is 8.79. The van der Waals surface area contributed by atoms with Crippen molar-refractivity contribution in [2.24, 2.45) is 11.8 Å². The van der Waals surface area contributed by atoms with E-state index in [1.54, 1.807) is 0 Å². The van der Waals surface area contributed by atoms with Crippen LogP contribution in [0.25, 0.3) is 0 Å². The summed E-state index contributed by atoms with van der Waals surface area (Å²) in [7, 11) is 0. The summed E-state index contributed by atoms with van der Waals surface area (Å²) < 4.78 is 0. The molecule has 0 aromatic heterocycles. The van der Waals surface area contributed by atoms with Crippen LogP contribution < -0.4 is 0 Å². The number of nitriles is 1. The zero-order valence-electron chi connectivity index (χ0n) is 10.6. The molecule has 1 aliphatic rings. The normalized spacial score (nSPS) is 25.7. The maximum absolute atomic E-state index is 8.79. The Hall–Kier alpha value is -0.550. The molecule has 0 aromatic carbocycles. The van der Waals surface area contributed by atoms with Crippen LogP contribution in [0.1, 0.15) is 47.0 Å². The van der Waals surface area contributed by atoms with Crippen molar-refractivity contribution in [1.82, 2.24) is 4.90 Å². The molecule has 0 bridgehead atoms. The third kappa shape index (κ3) is 2.95. The molecular formula is C13H24N2. The second-order valence-corrected chi connectivity index (χ2v) is 5.67. The van der Waals surface area contributed by atoms with Gasteiger partial charge in [-0.05, 0) is 51.6 Å². The van der Waals surface area contributed by atoms with Crippen molar-refractivity contribution < 1.29 is 0 Å². The van der Waals surface area contributed by atoms with Gasteiger partial charge in [0.2, 0.25) is 0 Å². The molecule has 1 aliphatic heterocycles. The highest BCUT2D eigenvalue weighted by Gasteiger charge is 2.40. The molecule has 1 heterocycles. The molecule has 2 nitrogen and oxygen atoms in total. The maximum atomic E-state index is 8.79. The second kappa shape index (κ2) is 4.99. The summed E-state index contributed by atoms with van der Waals surface area (Å²) in [5.41, 5.74) is 0.227. The van der Waals surface area contributed by atoms with E-state index < -0.39 is 0 Å². The van der Waals surface area contributed by atoms with Crippen LogP contribution >= 0.6 is 0 Å². The average Bonchev–Trinajstić information content (AvgIpc) is 2.40. The molecule has 1 fully saturated rings. The van der Waals surface area contributed by atoms with E-state index in [4.69, 9.17) is 5.26 Å². The highest BCUT2D eigenvalue weighted by Crippen LogP contribution is 2.36. The van der Waals surface area contributed by atoms with E-state index in [1.165, 1.54) is 25.9 Å². The Morgan fingerprint density at radius 2 is 2.13 bits per heavy atom. The van der Waals surface area contributed by atoms with Crippen LogP contribution in [-0.2, 0) is 0 Å². The minimum atomic E-state index is 0.227. The number of rotatable bonds is 4. The summed E-state index contributed by atoms with van der Waals surface area (Å²) in [4.78, 5) is 2.56. The molecule has 0 spiro atoms. The Labute approximate surface area is 94.3 Å². The van der Waals surface area contributed by atoms with E-state index in [0.717, 1.165) is 5.92 Å². The summed E-state index contributed by atoms with van der Waals surface area (Å²) in [6, 6.07) is 2.32. The Kier molecular flexibility index (Phi) is 4.16. The molecule has 1 saturated heterocycles. The Balaban J connectivity index is 2.51. The number of hydrogen-bond donors (Lipinski definition) is 0. The van der Waals surface area contributed by atoms with Crippen LogP contribution in [0.15, 0.2) is 0 Å². The van der Waals surface area contributed by atoms with Gasteiger partial charge >= 0.3 is 0 Å². The van der Waals surface area contributed by atoms with Gasteiger partial charge in [0.1, 0.15) is 0 Å². The van der Waals surface area contributed by atoms with E-state index in [9.17, 15) is 0 Å². The highest BCUT2D eigenvalue weighted by atomic mass is 15.2. The second-order valence-electron chi connectivity index (χ2n) is 5.67. The predicted octanol–water partition coefficient (Wildman–Crippen LogP) is 3.05. The molecule has 15 heavy (non-hydrogen) atoms. The number of hydrogen-bond acceptors (Lipinski definition) is 2. The van der Waals surface area contributed by atoms with Crippen molar-refractivity contribution in [1.29, 1.82) is 5.26 Å². The zero-order chi connectivity index (χ0) is 11.5. The molecule has 0 saturated carbocycles. The molecule has 1 atom stereocenters. The first-order chi connectivity index (χ1) is 6.98. The first kappa shape index (κ1) is 12.5. The summed E-state index contributed by atoms with van der Waals surface area (Å²) in [6.07, 6.45) is 3.17. The summed E-state index contributed by atoms with van der Waals surface area (Å²) in [5.74, 6) is 1.34. The van der Waals surface area contributed by atoms with Crippen LogP contribution in [0, 0.1) is 23.2 Å². The van der Waals surface area contributed by atoms with Gasteiger partial charge < -0.3 is 0 Å². The third-order valence-electron chi connectivity index (χ3n) is 3.88. The van der Waals surface area contributed by atoms with E-state index in [1.807, 2.05) is 0 Å². The summed E-state index contributed by atoms with van der Waals surface area (Å²) in [6.45, 7) is 11.5. The van der Waals surface area contributed by atoms with Gasteiger partial charge in [0.25, 0.3) is 0 Å². The minimum Gasteiger partial charge on any atom is -0.298 e. The largest absolute Gasteiger partial charge is 0.298 e. The highest BCUT2D eigenvalue weighted by molar-refractivity contribution is 4.98. The van der Waals surface area contributed by atoms with Crippen LogP contribution in [0.2, 0.25) is 0 Å². The van der Waals surface area contributed by atoms with Crippen molar-refractivity contribution in [3.05, 3.63) is 0 Å². The lowest BCUT2D eigenvalue weighted by Gasteiger charge is -2.35. The van der Waals surface area contributed by atoms with Gasteiger partial charge in [0.05, 0.1) is 6.07 Å². The van der Waals surface area contributed by atoms with Gasteiger partial charge in [-0.1, -0.05) is 13.8 Å². The standard InChI is InChI=1S/C13H24N2/c1-11(2)6-9-15-10-7-12(5-8-14)13(15,3)4/h11-12H,5-7,9-10H2,1-4H3. The van der Waals surface area contributed by atoms with Gasteiger partial charge in [-0.2, -0.15) is 5.26 Å². The molecule has 0 radical (unpaired) electrons. The average molecular weight is 208 g/mol. The molecule has 86 valence electrons. The van der Waals surface area contributed by atoms with Gasteiger partial charge in [0.15, 0.2) is 0 Å². The lowest BCUT2D eigenvalue weighted by atomic mass is 9.86. The lowest BCUT2D eigenvalue weighted by molar-refractivity contribution is 0.133. The van der Waals surface area contributed by atoms with Crippen molar-refractivity contribution in [2.45, 2.75) is 52.5 Å². The Morgan fingerprint density at radius 3 is 2.67 bits per heavy atom. The Bertz CT molecular complexity index is 237. The predicted molar refractivity (Wildman–Crippen MR) is 63.4 cm³/mol. The van der Waals surface area contributed by atoms with Crippen molar-refractivity contribution in [3.63, 3.8) is 0 Å². The fourth-order valence-corrected chi connectivity index (χ4v) is 2.49. The Morgan fingerprint density at radius 1 is 1.47 bits per heavy atom. The molecule has 0 aromatic rings. The van der Waals surface area contributed by atoms with Gasteiger partial charge in [-0.3, -0.25) is 4.90 Å². The van der Waals surface area contributed by atoms with Gasteiger partial charge in [-0.25, -0.2) is 0 Å². The maximum Gasteiger partial charge on any atom is 0.0625 e. The molecule has 0 N–H and O–H groups in total. The number of likely N-dealkylation sites (tertiary alicyclic amines) is 1. The fraction of sp³-hybridized carbons (Fsp3) is 0.923. The smallest absolute Gasteiger partial charge is 0.0625 e. The van der Waals surface area contributed by atoms with E-state index in [2.05, 4.69) is 38.7 Å². The molecular weight excluding hydrogens is 184 g/mol. The van der Waals surface area contributed by atoms with E-state index >= 15 is 0 Å². The minimum absolute atomic E-state index is 0.227. The quantitative estimate of drug-likeness (QED) is 0.710. The monoisotopic (exact) mass is 208 g/mol. The van der Waals surface area contributed by atoms with E-state index in [0.29, 0.717) is 12.3 Å². The van der Waals surface area contributed by atoms with Crippen molar-refractivity contribution >= 4 is 0 Å². The molecule has 2 heteroatoms. The first-order valence-electron chi connectivity index (χ1n) is 6.10. The van der Waals surface area contributed by atoms with Crippen LogP contribution in [-0.4, -0.2) is 23.5 Å². The van der Waals surface area contributed by atoms with E-state index in [-0.39, 0.29) is 5.54 Å². The van der Waals surface area contributed by atoms with Crippen molar-refractivity contribution in [3.8, 4) is 6.07 Å². The SMILES string of the molecule is CC(C)CCN1CCC(CC#N)C1(C)C. The van der Waals surface area contributed by atoms with Gasteiger partial charge in [-0.15, -0.1) is 0 Å². The molecule has 1 unspecified atom stereocenters. The zero-order valence-corrected chi connectivity index (χ0v) is 10.6. The van der Waals surface area contributed by atoms with Crippen LogP contribution in [0.4, 0.5) is 0 Å². The third-order valence-corrected chi connectivity index (χ3v) is 3.88. The molecule has 0 amide bonds.